The van der Waals surface area contributed by atoms with Crippen LogP contribution >= 0.6 is 0 Å². The molecule has 0 spiro atoms. The third-order valence-electron chi connectivity index (χ3n) is 5.55. The minimum Gasteiger partial charge on any atom is -0.303 e. The fraction of sp³-hybridized carbons (Fsp3) is 0.429. The van der Waals surface area contributed by atoms with Crippen molar-refractivity contribution in [3.63, 3.8) is 0 Å². The highest BCUT2D eigenvalue weighted by molar-refractivity contribution is 7.92. The Balaban J connectivity index is 2.20. The zero-order chi connectivity index (χ0) is 22.3. The fourth-order valence-electron chi connectivity index (χ4n) is 3.81. The summed E-state index contributed by atoms with van der Waals surface area (Å²) in [6, 6.07) is 13.1. The Hall–Kier alpha value is -1.94. The first-order valence-corrected chi connectivity index (χ1v) is 11.0. The van der Waals surface area contributed by atoms with E-state index in [2.05, 4.69) is 0 Å². The summed E-state index contributed by atoms with van der Waals surface area (Å²) in [5, 5.41) is -0.839. The maximum Gasteiger partial charge on any atom is 0.418 e. The van der Waals surface area contributed by atoms with Gasteiger partial charge in [0.05, 0.1) is 10.9 Å². The maximum atomic E-state index is 13.9. The van der Waals surface area contributed by atoms with E-state index in [9.17, 15) is 21.6 Å². The number of benzene rings is 2. The number of rotatable bonds is 5. The average molecular weight is 443 g/mol. The van der Waals surface area contributed by atoms with Gasteiger partial charge in [0.2, 0.25) is 0 Å². The largest absolute Gasteiger partial charge is 0.418 e. The third kappa shape index (κ3) is 4.12. The van der Waals surface area contributed by atoms with Gasteiger partial charge in [-0.2, -0.15) is 18.2 Å². The summed E-state index contributed by atoms with van der Waals surface area (Å²) in [7, 11) is 0.477. The van der Waals surface area contributed by atoms with E-state index < -0.39 is 33.4 Å². The van der Waals surface area contributed by atoms with E-state index in [-0.39, 0.29) is 10.9 Å². The van der Waals surface area contributed by atoms with Crippen molar-refractivity contribution in [2.75, 3.05) is 21.1 Å². The molecule has 1 aliphatic heterocycles. The summed E-state index contributed by atoms with van der Waals surface area (Å²) in [5.74, 6) is 0. The molecule has 30 heavy (non-hydrogen) atoms. The smallest absolute Gasteiger partial charge is 0.303 e. The quantitative estimate of drug-likeness (QED) is 0.701. The zero-order valence-corrected chi connectivity index (χ0v) is 18.0. The number of hydrogen-bond acceptors (Lipinski definition) is 5. The van der Waals surface area contributed by atoms with Crippen LogP contribution in [0.15, 0.2) is 59.5 Å². The van der Waals surface area contributed by atoms with E-state index in [4.69, 9.17) is 4.84 Å². The molecule has 1 aliphatic rings. The lowest BCUT2D eigenvalue weighted by Gasteiger charge is -2.28. The van der Waals surface area contributed by atoms with Crippen molar-refractivity contribution in [1.82, 2.24) is 9.96 Å². The molecule has 0 bridgehead atoms. The molecule has 0 amide bonds. The SMILES string of the molecule is C[C@@H](c1ccccc1S(=O)(=O)[C@H]1[C@H](c2ccccc2)N(C)O[C@@H]1C(F)(F)F)N(C)C. The minimum atomic E-state index is -4.85. The first kappa shape index (κ1) is 22.7. The van der Waals surface area contributed by atoms with Crippen molar-refractivity contribution in [1.29, 1.82) is 0 Å². The molecule has 1 heterocycles. The Kier molecular flexibility index (Phi) is 6.29. The van der Waals surface area contributed by atoms with E-state index in [1.54, 1.807) is 56.6 Å². The summed E-state index contributed by atoms with van der Waals surface area (Å²) in [5.41, 5.74) is 0.892. The third-order valence-corrected chi connectivity index (χ3v) is 7.76. The van der Waals surface area contributed by atoms with Gasteiger partial charge >= 0.3 is 6.18 Å². The summed E-state index contributed by atoms with van der Waals surface area (Å²) in [6.45, 7) is 1.81. The van der Waals surface area contributed by atoms with E-state index in [1.165, 1.54) is 19.2 Å². The Morgan fingerprint density at radius 2 is 1.60 bits per heavy atom. The first-order valence-electron chi connectivity index (χ1n) is 9.46. The molecule has 2 aromatic rings. The summed E-state index contributed by atoms with van der Waals surface area (Å²) >= 11 is 0. The molecule has 0 N–H and O–H groups in total. The van der Waals surface area contributed by atoms with Gasteiger partial charge in [0, 0.05) is 13.1 Å². The van der Waals surface area contributed by atoms with Crippen molar-refractivity contribution in [2.45, 2.75) is 41.4 Å². The van der Waals surface area contributed by atoms with Crippen LogP contribution in [0, 0.1) is 0 Å². The van der Waals surface area contributed by atoms with Gasteiger partial charge in [-0.25, -0.2) is 8.42 Å². The molecule has 164 valence electrons. The molecule has 0 unspecified atom stereocenters. The topological polar surface area (TPSA) is 49.9 Å². The molecule has 1 saturated heterocycles. The van der Waals surface area contributed by atoms with Gasteiger partial charge in [0.1, 0.15) is 5.25 Å². The van der Waals surface area contributed by atoms with E-state index >= 15 is 0 Å². The lowest BCUT2D eigenvalue weighted by Crippen LogP contribution is -2.43. The normalized spacial score (nSPS) is 24.3. The van der Waals surface area contributed by atoms with Gasteiger partial charge in [0.15, 0.2) is 15.9 Å². The number of hydrogen-bond donors (Lipinski definition) is 0. The van der Waals surface area contributed by atoms with Crippen molar-refractivity contribution in [2.24, 2.45) is 0 Å². The van der Waals surface area contributed by atoms with E-state index in [0.29, 0.717) is 11.1 Å². The van der Waals surface area contributed by atoms with Crippen LogP contribution in [-0.4, -0.2) is 57.1 Å². The molecule has 9 heteroatoms. The predicted octanol–water partition coefficient (Wildman–Crippen LogP) is 4.00. The van der Waals surface area contributed by atoms with Crippen LogP contribution < -0.4 is 0 Å². The van der Waals surface area contributed by atoms with Crippen LogP contribution in [0.5, 0.6) is 0 Å². The molecule has 0 aromatic heterocycles. The second-order valence-corrected chi connectivity index (χ2v) is 9.73. The van der Waals surface area contributed by atoms with Gasteiger partial charge < -0.3 is 4.90 Å². The lowest BCUT2D eigenvalue weighted by atomic mass is 10.0. The van der Waals surface area contributed by atoms with Gasteiger partial charge in [-0.1, -0.05) is 48.5 Å². The molecule has 5 nitrogen and oxygen atoms in total. The molecule has 3 rings (SSSR count). The second-order valence-electron chi connectivity index (χ2n) is 7.66. The van der Waals surface area contributed by atoms with Crippen LogP contribution in [0.3, 0.4) is 0 Å². The highest BCUT2D eigenvalue weighted by atomic mass is 32.2. The fourth-order valence-corrected chi connectivity index (χ4v) is 6.14. The Bertz CT molecular complexity index is 980. The number of halogens is 3. The Morgan fingerprint density at radius 1 is 1.03 bits per heavy atom. The van der Waals surface area contributed by atoms with Crippen LogP contribution in [0.1, 0.15) is 30.1 Å². The standard InChI is InChI=1S/C21H25F3N2O3S/c1-14(25(2)3)16-12-8-9-13-17(16)30(27,28)19-18(15-10-6-5-7-11-15)26(4)29-20(19)21(22,23)24/h5-14,18-20H,1-4H3/t14-,18-,19-,20-/m0/s1. The number of nitrogens with zero attached hydrogens (tertiary/aromatic N) is 2. The van der Waals surface area contributed by atoms with Crippen molar-refractivity contribution >= 4 is 9.84 Å². The molecule has 0 radical (unpaired) electrons. The van der Waals surface area contributed by atoms with Gasteiger partial charge in [-0.3, -0.25) is 4.84 Å². The van der Waals surface area contributed by atoms with Crippen molar-refractivity contribution < 1.29 is 26.4 Å². The Labute approximate surface area is 174 Å². The van der Waals surface area contributed by atoms with Crippen LogP contribution in [0.25, 0.3) is 0 Å². The number of alkyl halides is 3. The van der Waals surface area contributed by atoms with Gasteiger partial charge in [-0.15, -0.1) is 0 Å². The highest BCUT2D eigenvalue weighted by Crippen LogP contribution is 2.46. The van der Waals surface area contributed by atoms with Gasteiger partial charge in [-0.05, 0) is 38.2 Å². The maximum absolute atomic E-state index is 13.9. The highest BCUT2D eigenvalue weighted by Gasteiger charge is 2.61. The van der Waals surface area contributed by atoms with E-state index in [0.717, 1.165) is 5.06 Å². The average Bonchev–Trinajstić information content (AvgIpc) is 3.06. The van der Waals surface area contributed by atoms with Crippen LogP contribution in [0.2, 0.25) is 0 Å². The van der Waals surface area contributed by atoms with Gasteiger partial charge in [0.25, 0.3) is 0 Å². The first-order chi connectivity index (χ1) is 14.0. The molecule has 4 atom stereocenters. The summed E-state index contributed by atoms with van der Waals surface area (Å²) in [6.07, 6.45) is -7.32. The zero-order valence-electron chi connectivity index (χ0n) is 17.2. The minimum absolute atomic E-state index is 0.106. The summed E-state index contributed by atoms with van der Waals surface area (Å²) < 4.78 is 69.1. The molecular weight excluding hydrogens is 417 g/mol. The van der Waals surface area contributed by atoms with Crippen LogP contribution in [-0.2, 0) is 14.7 Å². The number of sulfone groups is 1. The van der Waals surface area contributed by atoms with Crippen molar-refractivity contribution in [3.05, 3.63) is 65.7 Å². The Morgan fingerprint density at radius 3 is 2.17 bits per heavy atom. The summed E-state index contributed by atoms with van der Waals surface area (Å²) in [4.78, 5) is 6.78. The predicted molar refractivity (Wildman–Crippen MR) is 107 cm³/mol. The molecule has 1 fully saturated rings. The molecule has 2 aromatic carbocycles. The molecule has 0 saturated carbocycles. The van der Waals surface area contributed by atoms with Crippen LogP contribution in [0.4, 0.5) is 13.2 Å². The molecular formula is C21H25F3N2O3S. The lowest BCUT2D eigenvalue weighted by molar-refractivity contribution is -0.260. The van der Waals surface area contributed by atoms with E-state index in [1.807, 2.05) is 11.8 Å². The second kappa shape index (κ2) is 8.30. The monoisotopic (exact) mass is 442 g/mol. The van der Waals surface area contributed by atoms with Crippen molar-refractivity contribution in [3.8, 4) is 0 Å². The molecule has 0 aliphatic carbocycles. The number of hydroxylamine groups is 2.